The Labute approximate surface area is 138 Å². The SMILES string of the molecule is CCC(=O)Nc1ccc(C(=O)Nc2ccc([N+](=O)[O-])cc2C)cc1. The molecule has 0 atom stereocenters. The van der Waals surface area contributed by atoms with Crippen molar-refractivity contribution in [2.24, 2.45) is 0 Å². The maximum Gasteiger partial charge on any atom is 0.269 e. The number of rotatable bonds is 5. The standard InChI is InChI=1S/C17H17N3O4/c1-3-16(21)18-13-6-4-12(5-7-13)17(22)19-15-9-8-14(20(23)24)10-11(15)2/h4-10H,3H2,1-2H3,(H,18,21)(H,19,22). The number of anilines is 2. The first-order chi connectivity index (χ1) is 11.4. The Morgan fingerprint density at radius 3 is 2.29 bits per heavy atom. The van der Waals surface area contributed by atoms with E-state index < -0.39 is 4.92 Å². The molecule has 0 bridgehead atoms. The molecule has 7 nitrogen and oxygen atoms in total. The van der Waals surface area contributed by atoms with Gasteiger partial charge in [0.2, 0.25) is 5.91 Å². The molecule has 0 heterocycles. The van der Waals surface area contributed by atoms with E-state index in [4.69, 9.17) is 0 Å². The second-order valence-electron chi connectivity index (χ2n) is 5.19. The molecule has 0 unspecified atom stereocenters. The maximum atomic E-state index is 12.2. The number of non-ortho nitro benzene ring substituents is 1. The molecule has 2 N–H and O–H groups in total. The lowest BCUT2D eigenvalue weighted by Crippen LogP contribution is -2.13. The van der Waals surface area contributed by atoms with Crippen molar-refractivity contribution in [3.63, 3.8) is 0 Å². The summed E-state index contributed by atoms with van der Waals surface area (Å²) in [5, 5.41) is 16.1. The van der Waals surface area contributed by atoms with Crippen molar-refractivity contribution in [1.29, 1.82) is 0 Å². The van der Waals surface area contributed by atoms with Crippen LogP contribution in [0.15, 0.2) is 42.5 Å². The molecule has 0 fully saturated rings. The summed E-state index contributed by atoms with van der Waals surface area (Å²) in [7, 11) is 0. The van der Waals surface area contributed by atoms with Crippen LogP contribution in [-0.2, 0) is 4.79 Å². The molecule has 7 heteroatoms. The maximum absolute atomic E-state index is 12.2. The number of nitro groups is 1. The van der Waals surface area contributed by atoms with Gasteiger partial charge in [0.1, 0.15) is 0 Å². The number of carbonyl (C=O) groups is 2. The number of benzene rings is 2. The zero-order valence-electron chi connectivity index (χ0n) is 13.3. The van der Waals surface area contributed by atoms with E-state index in [1.165, 1.54) is 18.2 Å². The number of nitrogens with zero attached hydrogens (tertiary/aromatic N) is 1. The third-order valence-electron chi connectivity index (χ3n) is 3.42. The smallest absolute Gasteiger partial charge is 0.269 e. The van der Waals surface area contributed by atoms with Crippen molar-refractivity contribution in [3.8, 4) is 0 Å². The van der Waals surface area contributed by atoms with Crippen LogP contribution in [0.1, 0.15) is 29.3 Å². The molecule has 2 aromatic rings. The van der Waals surface area contributed by atoms with Gasteiger partial charge in [0.05, 0.1) is 4.92 Å². The van der Waals surface area contributed by atoms with Gasteiger partial charge in [-0.2, -0.15) is 0 Å². The molecule has 0 saturated heterocycles. The monoisotopic (exact) mass is 327 g/mol. The van der Waals surface area contributed by atoms with Gasteiger partial charge in [0.25, 0.3) is 11.6 Å². The summed E-state index contributed by atoms with van der Waals surface area (Å²) in [6, 6.07) is 10.7. The molecule has 0 aliphatic carbocycles. The van der Waals surface area contributed by atoms with Crippen LogP contribution in [0.3, 0.4) is 0 Å². The van der Waals surface area contributed by atoms with Gasteiger partial charge >= 0.3 is 0 Å². The normalized spacial score (nSPS) is 10.1. The summed E-state index contributed by atoms with van der Waals surface area (Å²) in [6.45, 7) is 3.44. The average molecular weight is 327 g/mol. The Morgan fingerprint density at radius 2 is 1.75 bits per heavy atom. The van der Waals surface area contributed by atoms with Gasteiger partial charge in [-0.25, -0.2) is 0 Å². The van der Waals surface area contributed by atoms with Crippen LogP contribution in [0, 0.1) is 17.0 Å². The predicted octanol–water partition coefficient (Wildman–Crippen LogP) is 3.50. The number of aryl methyl sites for hydroxylation is 1. The first-order valence-electron chi connectivity index (χ1n) is 7.37. The fourth-order valence-electron chi connectivity index (χ4n) is 2.05. The van der Waals surface area contributed by atoms with Gasteiger partial charge in [-0.1, -0.05) is 6.92 Å². The van der Waals surface area contributed by atoms with Crippen LogP contribution in [0.25, 0.3) is 0 Å². The van der Waals surface area contributed by atoms with Crippen molar-refractivity contribution in [1.82, 2.24) is 0 Å². The van der Waals surface area contributed by atoms with E-state index in [0.717, 1.165) is 0 Å². The van der Waals surface area contributed by atoms with Crippen molar-refractivity contribution in [2.75, 3.05) is 10.6 Å². The van der Waals surface area contributed by atoms with Crippen LogP contribution < -0.4 is 10.6 Å². The summed E-state index contributed by atoms with van der Waals surface area (Å²) in [5.41, 5.74) is 2.12. The number of amides is 2. The average Bonchev–Trinajstić information content (AvgIpc) is 2.56. The van der Waals surface area contributed by atoms with E-state index in [1.54, 1.807) is 38.1 Å². The molecule has 124 valence electrons. The first kappa shape index (κ1) is 17.1. The zero-order valence-corrected chi connectivity index (χ0v) is 13.3. The van der Waals surface area contributed by atoms with Gasteiger partial charge in [0, 0.05) is 35.5 Å². The highest BCUT2D eigenvalue weighted by atomic mass is 16.6. The molecule has 2 aromatic carbocycles. The molecular formula is C17H17N3O4. The van der Waals surface area contributed by atoms with Crippen molar-refractivity contribution >= 4 is 28.9 Å². The predicted molar refractivity (Wildman–Crippen MR) is 91.1 cm³/mol. The largest absolute Gasteiger partial charge is 0.326 e. The minimum atomic E-state index is -0.484. The van der Waals surface area contributed by atoms with E-state index in [2.05, 4.69) is 10.6 Å². The molecule has 2 rings (SSSR count). The fourth-order valence-corrected chi connectivity index (χ4v) is 2.05. The minimum Gasteiger partial charge on any atom is -0.326 e. The van der Waals surface area contributed by atoms with Crippen LogP contribution in [0.5, 0.6) is 0 Å². The van der Waals surface area contributed by atoms with E-state index >= 15 is 0 Å². The first-order valence-corrected chi connectivity index (χ1v) is 7.37. The van der Waals surface area contributed by atoms with Gasteiger partial charge in [-0.15, -0.1) is 0 Å². The van der Waals surface area contributed by atoms with E-state index in [0.29, 0.717) is 28.9 Å². The zero-order chi connectivity index (χ0) is 17.7. The molecule has 0 aromatic heterocycles. The van der Waals surface area contributed by atoms with E-state index in [-0.39, 0.29) is 17.5 Å². The number of nitrogens with one attached hydrogen (secondary N) is 2. The summed E-state index contributed by atoms with van der Waals surface area (Å²) >= 11 is 0. The highest BCUT2D eigenvalue weighted by Crippen LogP contribution is 2.22. The lowest BCUT2D eigenvalue weighted by Gasteiger charge is -2.09. The lowest BCUT2D eigenvalue weighted by atomic mass is 10.1. The topological polar surface area (TPSA) is 101 Å². The molecule has 0 aliphatic heterocycles. The Bertz CT molecular complexity index is 785. The Morgan fingerprint density at radius 1 is 1.08 bits per heavy atom. The minimum absolute atomic E-state index is 0.0264. The van der Waals surface area contributed by atoms with Gasteiger partial charge in [0.15, 0.2) is 0 Å². The molecule has 2 amide bonds. The highest BCUT2D eigenvalue weighted by molar-refractivity contribution is 6.05. The van der Waals surface area contributed by atoms with Crippen molar-refractivity contribution in [2.45, 2.75) is 20.3 Å². The Balaban J connectivity index is 2.09. The number of carbonyl (C=O) groups excluding carboxylic acids is 2. The quantitative estimate of drug-likeness (QED) is 0.648. The molecule has 0 radical (unpaired) electrons. The number of hydrogen-bond acceptors (Lipinski definition) is 4. The van der Waals surface area contributed by atoms with Gasteiger partial charge in [-0.3, -0.25) is 19.7 Å². The van der Waals surface area contributed by atoms with Crippen LogP contribution in [0.2, 0.25) is 0 Å². The van der Waals surface area contributed by atoms with Gasteiger partial charge in [-0.05, 0) is 42.8 Å². The van der Waals surface area contributed by atoms with Crippen molar-refractivity contribution in [3.05, 3.63) is 63.7 Å². The fraction of sp³-hybridized carbons (Fsp3) is 0.176. The summed E-state index contributed by atoms with van der Waals surface area (Å²) in [4.78, 5) is 33.8. The highest BCUT2D eigenvalue weighted by Gasteiger charge is 2.11. The van der Waals surface area contributed by atoms with Crippen molar-refractivity contribution < 1.29 is 14.5 Å². The Kier molecular flexibility index (Phi) is 5.26. The summed E-state index contributed by atoms with van der Waals surface area (Å²) in [5.74, 6) is -0.436. The van der Waals surface area contributed by atoms with Gasteiger partial charge < -0.3 is 10.6 Å². The molecule has 0 saturated carbocycles. The molecule has 0 spiro atoms. The lowest BCUT2D eigenvalue weighted by molar-refractivity contribution is -0.384. The third kappa shape index (κ3) is 4.16. The number of hydrogen-bond donors (Lipinski definition) is 2. The summed E-state index contributed by atoms with van der Waals surface area (Å²) < 4.78 is 0. The van der Waals surface area contributed by atoms with E-state index in [9.17, 15) is 19.7 Å². The second-order valence-corrected chi connectivity index (χ2v) is 5.19. The van der Waals surface area contributed by atoms with Crippen LogP contribution >= 0.6 is 0 Å². The second kappa shape index (κ2) is 7.36. The van der Waals surface area contributed by atoms with E-state index in [1.807, 2.05) is 0 Å². The molecular weight excluding hydrogens is 310 g/mol. The third-order valence-corrected chi connectivity index (χ3v) is 3.42. The Hall–Kier alpha value is -3.22. The van der Waals surface area contributed by atoms with Crippen LogP contribution in [0.4, 0.5) is 17.1 Å². The number of nitro benzene ring substituents is 1. The van der Waals surface area contributed by atoms with Crippen LogP contribution in [-0.4, -0.2) is 16.7 Å². The molecule has 0 aliphatic rings. The molecule has 24 heavy (non-hydrogen) atoms. The summed E-state index contributed by atoms with van der Waals surface area (Å²) in [6.07, 6.45) is 0.377.